The molecule has 0 unspecified atom stereocenters. The van der Waals surface area contributed by atoms with Crippen LogP contribution < -0.4 is 10.0 Å². The van der Waals surface area contributed by atoms with E-state index in [9.17, 15) is 8.42 Å². The Morgan fingerprint density at radius 1 is 1.35 bits per heavy atom. The third-order valence-corrected chi connectivity index (χ3v) is 4.10. The third kappa shape index (κ3) is 3.44. The van der Waals surface area contributed by atoms with E-state index in [-0.39, 0.29) is 17.3 Å². The van der Waals surface area contributed by atoms with Gasteiger partial charge in [-0.05, 0) is 13.5 Å². The quantitative estimate of drug-likeness (QED) is 0.768. The van der Waals surface area contributed by atoms with Crippen LogP contribution in [0.2, 0.25) is 0 Å². The van der Waals surface area contributed by atoms with Gasteiger partial charge >= 0.3 is 0 Å². The lowest BCUT2D eigenvalue weighted by molar-refractivity contribution is 0.409. The van der Waals surface area contributed by atoms with E-state index in [1.165, 1.54) is 6.07 Å². The highest BCUT2D eigenvalue weighted by Gasteiger charge is 2.21. The molecule has 0 aromatic carbocycles. The second-order valence-electron chi connectivity index (χ2n) is 4.09. The minimum Gasteiger partial charge on any atom is -0.464 e. The molecule has 0 aliphatic heterocycles. The average molecular weight is 300 g/mol. The smallest absolute Gasteiger partial charge is 0.244 e. The Labute approximate surface area is 116 Å². The van der Waals surface area contributed by atoms with Crippen molar-refractivity contribution in [3.05, 3.63) is 29.8 Å². The number of sulfonamides is 1. The zero-order valence-corrected chi connectivity index (χ0v) is 12.0. The summed E-state index contributed by atoms with van der Waals surface area (Å²) in [6.07, 6.45) is 1.14. The van der Waals surface area contributed by atoms with Gasteiger partial charge in [-0.25, -0.2) is 13.1 Å². The number of furan rings is 1. The molecule has 2 rings (SSSR count). The van der Waals surface area contributed by atoms with Gasteiger partial charge in [0.2, 0.25) is 16.4 Å². The Morgan fingerprint density at radius 3 is 2.80 bits per heavy atom. The maximum Gasteiger partial charge on any atom is 0.244 e. The molecule has 8 nitrogen and oxygen atoms in total. The summed E-state index contributed by atoms with van der Waals surface area (Å²) in [5, 5.41) is 6.60. The average Bonchev–Trinajstić information content (AvgIpc) is 3.03. The monoisotopic (exact) mass is 300 g/mol. The van der Waals surface area contributed by atoms with Crippen LogP contribution in [0.5, 0.6) is 0 Å². The zero-order valence-electron chi connectivity index (χ0n) is 11.2. The van der Waals surface area contributed by atoms with Crippen LogP contribution in [0.3, 0.4) is 0 Å². The molecular formula is C11H16N4O4S. The van der Waals surface area contributed by atoms with Gasteiger partial charge in [0.1, 0.15) is 16.4 Å². The molecule has 0 atom stereocenters. The summed E-state index contributed by atoms with van der Waals surface area (Å²) in [6.45, 7) is 4.79. The van der Waals surface area contributed by atoms with Crippen LogP contribution in [-0.4, -0.2) is 25.1 Å². The van der Waals surface area contributed by atoms with Crippen LogP contribution in [0.25, 0.3) is 0 Å². The first-order valence-corrected chi connectivity index (χ1v) is 7.56. The van der Waals surface area contributed by atoms with Gasteiger partial charge in [0.15, 0.2) is 5.82 Å². The molecule has 0 aliphatic carbocycles. The highest BCUT2D eigenvalue weighted by molar-refractivity contribution is 7.89. The van der Waals surface area contributed by atoms with E-state index in [2.05, 4.69) is 24.7 Å². The molecule has 20 heavy (non-hydrogen) atoms. The number of aryl methyl sites for hydroxylation is 1. The van der Waals surface area contributed by atoms with Crippen molar-refractivity contribution >= 4 is 10.0 Å². The van der Waals surface area contributed by atoms with Crippen molar-refractivity contribution < 1.29 is 17.4 Å². The number of nitrogens with one attached hydrogen (secondary N) is 2. The Bertz CT molecular complexity index is 648. The summed E-state index contributed by atoms with van der Waals surface area (Å²) in [6, 6.07) is 1.51. The fourth-order valence-corrected chi connectivity index (χ4v) is 2.82. The Morgan fingerprint density at radius 2 is 2.15 bits per heavy atom. The highest BCUT2D eigenvalue weighted by Crippen LogP contribution is 2.20. The van der Waals surface area contributed by atoms with Crippen LogP contribution in [0.1, 0.15) is 24.3 Å². The van der Waals surface area contributed by atoms with Crippen molar-refractivity contribution in [2.45, 2.75) is 31.8 Å². The van der Waals surface area contributed by atoms with Gasteiger partial charge < -0.3 is 14.3 Å². The summed E-state index contributed by atoms with van der Waals surface area (Å²) in [4.78, 5) is 3.86. The molecule has 2 heterocycles. The minimum absolute atomic E-state index is 0.0357. The van der Waals surface area contributed by atoms with E-state index in [1.807, 2.05) is 6.92 Å². The summed E-state index contributed by atoms with van der Waals surface area (Å²) in [5.41, 5.74) is 0. The molecule has 110 valence electrons. The standard InChI is InChI=1S/C11H16N4O4S/c1-3-12-5-9-4-10(8(2)19-9)20(16,17)14-6-11-13-7-18-15-11/h4,7,12,14H,3,5-6H2,1-2H3. The van der Waals surface area contributed by atoms with Crippen LogP contribution in [-0.2, 0) is 23.1 Å². The Kier molecular flexibility index (Phi) is 4.53. The van der Waals surface area contributed by atoms with Gasteiger partial charge in [-0.3, -0.25) is 0 Å². The molecule has 0 fully saturated rings. The van der Waals surface area contributed by atoms with E-state index in [0.717, 1.165) is 12.9 Å². The molecule has 0 saturated heterocycles. The van der Waals surface area contributed by atoms with Crippen molar-refractivity contribution in [3.63, 3.8) is 0 Å². The fourth-order valence-electron chi connectivity index (χ4n) is 1.63. The molecule has 0 bridgehead atoms. The zero-order chi connectivity index (χ0) is 14.6. The Balaban J connectivity index is 2.10. The van der Waals surface area contributed by atoms with Crippen LogP contribution in [0, 0.1) is 6.92 Å². The number of rotatable bonds is 7. The first kappa shape index (κ1) is 14.7. The first-order chi connectivity index (χ1) is 9.53. The highest BCUT2D eigenvalue weighted by atomic mass is 32.2. The van der Waals surface area contributed by atoms with Crippen molar-refractivity contribution in [2.24, 2.45) is 0 Å². The second kappa shape index (κ2) is 6.16. The molecule has 0 spiro atoms. The number of hydrogen-bond donors (Lipinski definition) is 2. The molecular weight excluding hydrogens is 284 g/mol. The van der Waals surface area contributed by atoms with Gasteiger partial charge in [-0.15, -0.1) is 0 Å². The van der Waals surface area contributed by atoms with Gasteiger partial charge in [-0.2, -0.15) is 4.98 Å². The maximum absolute atomic E-state index is 12.2. The number of nitrogens with zero attached hydrogens (tertiary/aromatic N) is 2. The molecule has 2 N–H and O–H groups in total. The second-order valence-corrected chi connectivity index (χ2v) is 5.82. The van der Waals surface area contributed by atoms with E-state index in [0.29, 0.717) is 18.1 Å². The minimum atomic E-state index is -3.66. The van der Waals surface area contributed by atoms with Crippen molar-refractivity contribution in [1.29, 1.82) is 0 Å². The van der Waals surface area contributed by atoms with Crippen molar-refractivity contribution in [1.82, 2.24) is 20.2 Å². The first-order valence-electron chi connectivity index (χ1n) is 6.08. The molecule has 0 radical (unpaired) electrons. The third-order valence-electron chi connectivity index (χ3n) is 2.59. The molecule has 0 aliphatic rings. The van der Waals surface area contributed by atoms with E-state index in [1.54, 1.807) is 6.92 Å². The molecule has 9 heteroatoms. The summed E-state index contributed by atoms with van der Waals surface area (Å²) < 4.78 is 36.7. The van der Waals surface area contributed by atoms with Crippen LogP contribution in [0.15, 0.2) is 26.3 Å². The van der Waals surface area contributed by atoms with Gasteiger partial charge in [0.05, 0.1) is 13.1 Å². The van der Waals surface area contributed by atoms with E-state index >= 15 is 0 Å². The van der Waals surface area contributed by atoms with Gasteiger partial charge in [0, 0.05) is 6.07 Å². The predicted octanol–water partition coefficient (Wildman–Crippen LogP) is 0.559. The summed E-state index contributed by atoms with van der Waals surface area (Å²) >= 11 is 0. The lowest BCUT2D eigenvalue weighted by Crippen LogP contribution is -2.24. The van der Waals surface area contributed by atoms with Crippen molar-refractivity contribution in [2.75, 3.05) is 6.54 Å². The van der Waals surface area contributed by atoms with Crippen LogP contribution >= 0.6 is 0 Å². The molecule has 0 saturated carbocycles. The van der Waals surface area contributed by atoms with E-state index in [4.69, 9.17) is 4.42 Å². The maximum atomic E-state index is 12.2. The topological polar surface area (TPSA) is 110 Å². The van der Waals surface area contributed by atoms with Gasteiger partial charge in [-0.1, -0.05) is 12.1 Å². The summed E-state index contributed by atoms with van der Waals surface area (Å²) in [5.74, 6) is 1.19. The van der Waals surface area contributed by atoms with Crippen LogP contribution in [0.4, 0.5) is 0 Å². The number of hydrogen-bond acceptors (Lipinski definition) is 7. The van der Waals surface area contributed by atoms with E-state index < -0.39 is 10.0 Å². The van der Waals surface area contributed by atoms with Gasteiger partial charge in [0.25, 0.3) is 0 Å². The fraction of sp³-hybridized carbons (Fsp3) is 0.455. The normalized spacial score (nSPS) is 11.9. The number of aromatic nitrogens is 2. The van der Waals surface area contributed by atoms with Crippen molar-refractivity contribution in [3.8, 4) is 0 Å². The lowest BCUT2D eigenvalue weighted by Gasteiger charge is -2.02. The lowest BCUT2D eigenvalue weighted by atomic mass is 10.4. The molecule has 2 aromatic rings. The Hall–Kier alpha value is -1.71. The summed E-state index contributed by atoms with van der Waals surface area (Å²) in [7, 11) is -3.66. The largest absolute Gasteiger partial charge is 0.464 e. The molecule has 2 aromatic heterocycles. The molecule has 0 amide bonds. The predicted molar refractivity (Wildman–Crippen MR) is 69.1 cm³/mol. The SMILES string of the molecule is CCNCc1cc(S(=O)(=O)NCc2ncon2)c(C)o1.